The average molecular weight is 438 g/mol. The summed E-state index contributed by atoms with van der Waals surface area (Å²) in [5.41, 5.74) is 0.870. The van der Waals surface area contributed by atoms with Crippen LogP contribution in [0.15, 0.2) is 54.6 Å². The van der Waals surface area contributed by atoms with Crippen molar-refractivity contribution in [2.24, 2.45) is 0 Å². The number of fused-ring (bicyclic) bond motifs is 1. The Morgan fingerprint density at radius 2 is 1.43 bits per heavy atom. The first kappa shape index (κ1) is 20.5. The van der Waals surface area contributed by atoms with Crippen LogP contribution in [0.5, 0.6) is 5.75 Å². The summed E-state index contributed by atoms with van der Waals surface area (Å²) in [6, 6.07) is 16.6. The lowest BCUT2D eigenvalue weighted by atomic mass is 10.1. The van der Waals surface area contributed by atoms with Gasteiger partial charge in [0.25, 0.3) is 0 Å². The molecule has 4 nitrogen and oxygen atoms in total. The number of ether oxygens (including phenoxy) is 2. The monoisotopic (exact) mass is 436 g/mol. The second kappa shape index (κ2) is 9.28. The Morgan fingerprint density at radius 1 is 0.786 bits per heavy atom. The summed E-state index contributed by atoms with van der Waals surface area (Å²) in [5, 5.41) is 2.73. The largest absolute Gasteiger partial charge is 0.461 e. The second-order valence-electron chi connectivity index (χ2n) is 6.01. The SMILES string of the molecule is O=C(CCC(=O)Oc1c(Cl)cc(Cl)cc1Cl)OCc1ccc2ccccc2c1. The summed E-state index contributed by atoms with van der Waals surface area (Å²) in [6.45, 7) is 0.132. The fourth-order valence-corrected chi connectivity index (χ4v) is 3.45. The van der Waals surface area contributed by atoms with Gasteiger partial charge in [0.1, 0.15) is 6.61 Å². The van der Waals surface area contributed by atoms with Crippen LogP contribution in [0.1, 0.15) is 18.4 Å². The molecule has 0 atom stereocenters. The van der Waals surface area contributed by atoms with E-state index in [0.29, 0.717) is 5.02 Å². The lowest BCUT2D eigenvalue weighted by Crippen LogP contribution is -2.12. The van der Waals surface area contributed by atoms with Crippen LogP contribution in [0.25, 0.3) is 10.8 Å². The molecule has 0 amide bonds. The molecule has 0 aromatic heterocycles. The molecule has 28 heavy (non-hydrogen) atoms. The van der Waals surface area contributed by atoms with Crippen LogP contribution in [-0.2, 0) is 20.9 Å². The van der Waals surface area contributed by atoms with E-state index in [4.69, 9.17) is 44.3 Å². The zero-order valence-electron chi connectivity index (χ0n) is 14.6. The van der Waals surface area contributed by atoms with Crippen molar-refractivity contribution in [3.63, 3.8) is 0 Å². The van der Waals surface area contributed by atoms with Crippen LogP contribution in [-0.4, -0.2) is 11.9 Å². The molecule has 0 aliphatic rings. The minimum atomic E-state index is -0.645. The standard InChI is InChI=1S/C21H15Cl3O4/c22-16-10-17(23)21(18(24)11-16)28-20(26)8-7-19(25)27-12-13-5-6-14-3-1-2-4-15(14)9-13/h1-6,9-11H,7-8,12H2. The topological polar surface area (TPSA) is 52.6 Å². The van der Waals surface area contributed by atoms with E-state index in [9.17, 15) is 9.59 Å². The highest BCUT2D eigenvalue weighted by molar-refractivity contribution is 6.40. The highest BCUT2D eigenvalue weighted by Gasteiger charge is 2.15. The lowest BCUT2D eigenvalue weighted by Gasteiger charge is -2.09. The van der Waals surface area contributed by atoms with E-state index in [1.807, 2.05) is 42.5 Å². The number of benzene rings is 3. The molecule has 0 bridgehead atoms. The zero-order chi connectivity index (χ0) is 20.1. The van der Waals surface area contributed by atoms with E-state index >= 15 is 0 Å². The minimum Gasteiger partial charge on any atom is -0.461 e. The number of carbonyl (C=O) groups is 2. The van der Waals surface area contributed by atoms with Gasteiger partial charge in [-0.2, -0.15) is 0 Å². The van der Waals surface area contributed by atoms with Gasteiger partial charge in [-0.3, -0.25) is 9.59 Å². The number of carbonyl (C=O) groups excluding carboxylic acids is 2. The highest BCUT2D eigenvalue weighted by atomic mass is 35.5. The normalized spacial score (nSPS) is 10.7. The zero-order valence-corrected chi connectivity index (χ0v) is 16.9. The van der Waals surface area contributed by atoms with E-state index in [2.05, 4.69) is 0 Å². The molecule has 7 heteroatoms. The molecule has 0 radical (unpaired) electrons. The van der Waals surface area contributed by atoms with Crippen LogP contribution in [0, 0.1) is 0 Å². The molecule has 3 aromatic carbocycles. The van der Waals surface area contributed by atoms with Gasteiger partial charge in [0.15, 0.2) is 5.75 Å². The molecule has 3 rings (SSSR count). The van der Waals surface area contributed by atoms with E-state index in [1.54, 1.807) is 0 Å². The fourth-order valence-electron chi connectivity index (χ4n) is 2.56. The van der Waals surface area contributed by atoms with Crippen molar-refractivity contribution in [1.29, 1.82) is 0 Å². The molecule has 0 fully saturated rings. The molecule has 0 aliphatic carbocycles. The molecule has 0 aliphatic heterocycles. The minimum absolute atomic E-state index is 0.0160. The van der Waals surface area contributed by atoms with Gasteiger partial charge in [-0.05, 0) is 34.5 Å². The highest BCUT2D eigenvalue weighted by Crippen LogP contribution is 2.36. The molecule has 0 saturated carbocycles. The van der Waals surface area contributed by atoms with Crippen LogP contribution in [0.4, 0.5) is 0 Å². The molecule has 144 valence electrons. The van der Waals surface area contributed by atoms with E-state index < -0.39 is 11.9 Å². The first-order chi connectivity index (χ1) is 13.4. The van der Waals surface area contributed by atoms with Gasteiger partial charge in [-0.1, -0.05) is 71.2 Å². The van der Waals surface area contributed by atoms with Crippen molar-refractivity contribution in [1.82, 2.24) is 0 Å². The molecular weight excluding hydrogens is 423 g/mol. The molecule has 0 N–H and O–H groups in total. The third-order valence-electron chi connectivity index (χ3n) is 3.93. The van der Waals surface area contributed by atoms with Gasteiger partial charge < -0.3 is 9.47 Å². The van der Waals surface area contributed by atoms with Crippen LogP contribution in [0.2, 0.25) is 15.1 Å². The third-order valence-corrected chi connectivity index (χ3v) is 4.71. The van der Waals surface area contributed by atoms with Crippen molar-refractivity contribution in [2.45, 2.75) is 19.4 Å². The smallest absolute Gasteiger partial charge is 0.311 e. The Morgan fingerprint density at radius 3 is 2.14 bits per heavy atom. The molecule has 0 spiro atoms. The summed E-state index contributed by atoms with van der Waals surface area (Å²) in [7, 11) is 0. The summed E-state index contributed by atoms with van der Waals surface area (Å²) >= 11 is 17.7. The van der Waals surface area contributed by atoms with Gasteiger partial charge in [0, 0.05) is 5.02 Å². The van der Waals surface area contributed by atoms with E-state index in [-0.39, 0.29) is 35.2 Å². The van der Waals surface area contributed by atoms with Crippen LogP contribution < -0.4 is 4.74 Å². The number of esters is 2. The van der Waals surface area contributed by atoms with Crippen molar-refractivity contribution in [3.8, 4) is 5.75 Å². The maximum Gasteiger partial charge on any atom is 0.311 e. The van der Waals surface area contributed by atoms with Crippen LogP contribution >= 0.6 is 34.8 Å². The molecule has 0 saturated heterocycles. The summed E-state index contributed by atoms with van der Waals surface area (Å²) in [6.07, 6.45) is -0.277. The molecule has 3 aromatic rings. The number of hydrogen-bond donors (Lipinski definition) is 0. The second-order valence-corrected chi connectivity index (χ2v) is 7.27. The lowest BCUT2D eigenvalue weighted by molar-refractivity contribution is -0.148. The van der Waals surface area contributed by atoms with Gasteiger partial charge in [-0.15, -0.1) is 0 Å². The Labute approximate surface area is 176 Å². The number of rotatable bonds is 6. The average Bonchev–Trinajstić information content (AvgIpc) is 2.67. The van der Waals surface area contributed by atoms with Crippen molar-refractivity contribution < 1.29 is 19.1 Å². The predicted molar refractivity (Wildman–Crippen MR) is 110 cm³/mol. The third kappa shape index (κ3) is 5.38. The first-order valence-corrected chi connectivity index (χ1v) is 9.54. The fraction of sp³-hybridized carbons (Fsp3) is 0.143. The molecule has 0 unspecified atom stereocenters. The van der Waals surface area contributed by atoms with E-state index in [0.717, 1.165) is 16.3 Å². The predicted octanol–water partition coefficient (Wildman–Crippen LogP) is 6.23. The Kier molecular flexibility index (Phi) is 6.79. The van der Waals surface area contributed by atoms with E-state index in [1.165, 1.54) is 12.1 Å². The summed E-state index contributed by atoms with van der Waals surface area (Å²) < 4.78 is 10.3. The molecule has 0 heterocycles. The Bertz CT molecular complexity index is 1010. The van der Waals surface area contributed by atoms with Gasteiger partial charge >= 0.3 is 11.9 Å². The molecular formula is C21H15Cl3O4. The summed E-state index contributed by atoms with van der Waals surface area (Å²) in [5.74, 6) is -1.13. The van der Waals surface area contributed by atoms with Crippen molar-refractivity contribution in [3.05, 3.63) is 75.2 Å². The maximum atomic E-state index is 11.9. The van der Waals surface area contributed by atoms with Gasteiger partial charge in [0.2, 0.25) is 0 Å². The van der Waals surface area contributed by atoms with Crippen molar-refractivity contribution >= 4 is 57.5 Å². The summed E-state index contributed by atoms with van der Waals surface area (Å²) in [4.78, 5) is 23.9. The van der Waals surface area contributed by atoms with Gasteiger partial charge in [0.05, 0.1) is 22.9 Å². The Hall–Kier alpha value is -2.27. The first-order valence-electron chi connectivity index (χ1n) is 8.41. The number of hydrogen-bond acceptors (Lipinski definition) is 4. The Balaban J connectivity index is 1.49. The quantitative estimate of drug-likeness (QED) is 0.339. The van der Waals surface area contributed by atoms with Crippen molar-refractivity contribution in [2.75, 3.05) is 0 Å². The van der Waals surface area contributed by atoms with Crippen LogP contribution in [0.3, 0.4) is 0 Å². The number of halogens is 3. The van der Waals surface area contributed by atoms with Gasteiger partial charge in [-0.25, -0.2) is 0 Å². The maximum absolute atomic E-state index is 11.9.